The van der Waals surface area contributed by atoms with Crippen molar-refractivity contribution in [3.8, 4) is 0 Å². The van der Waals surface area contributed by atoms with Crippen molar-refractivity contribution >= 4 is 38.9 Å². The van der Waals surface area contributed by atoms with Crippen LogP contribution >= 0.6 is 15.9 Å². The van der Waals surface area contributed by atoms with Gasteiger partial charge in [-0.15, -0.1) is 0 Å². The molecule has 1 unspecified atom stereocenters. The summed E-state index contributed by atoms with van der Waals surface area (Å²) in [5.41, 5.74) is 7.56. The number of aromatic nitrogens is 2. The molecule has 6 nitrogen and oxygen atoms in total. The Morgan fingerprint density at radius 3 is 2.86 bits per heavy atom. The zero-order chi connectivity index (χ0) is 15.4. The molecule has 116 valence electrons. The lowest BCUT2D eigenvalue weighted by Gasteiger charge is -2.15. The summed E-state index contributed by atoms with van der Waals surface area (Å²) >= 11 is 3.49. The Morgan fingerprint density at radius 1 is 1.27 bits per heavy atom. The van der Waals surface area contributed by atoms with Crippen LogP contribution in [0.5, 0.6) is 0 Å². The standard InChI is InChI=1S/C15H18BrN5O/c16-11-5-1-2-6-12(11)21-15-13(17)14(19-9-20-15)18-8-10-4-3-7-22-10/h1-2,5-6,9-10H,3-4,7-8,17H2,(H2,18,19,20,21). The van der Waals surface area contributed by atoms with E-state index in [1.165, 1.54) is 6.33 Å². The highest BCUT2D eigenvalue weighted by Crippen LogP contribution is 2.29. The second kappa shape index (κ2) is 6.93. The van der Waals surface area contributed by atoms with Gasteiger partial charge in [-0.2, -0.15) is 0 Å². The number of nitrogens with zero attached hydrogens (tertiary/aromatic N) is 2. The lowest BCUT2D eigenvalue weighted by Crippen LogP contribution is -2.20. The van der Waals surface area contributed by atoms with E-state index in [4.69, 9.17) is 10.5 Å². The van der Waals surface area contributed by atoms with Crippen molar-refractivity contribution in [3.05, 3.63) is 35.1 Å². The molecule has 1 aliphatic heterocycles. The molecular weight excluding hydrogens is 346 g/mol. The van der Waals surface area contributed by atoms with Crippen molar-refractivity contribution in [2.45, 2.75) is 18.9 Å². The molecule has 0 amide bonds. The first-order valence-corrected chi connectivity index (χ1v) is 8.01. The van der Waals surface area contributed by atoms with Gasteiger partial charge in [0.2, 0.25) is 0 Å². The number of anilines is 4. The highest BCUT2D eigenvalue weighted by Gasteiger charge is 2.16. The molecule has 0 radical (unpaired) electrons. The number of nitrogens with one attached hydrogen (secondary N) is 2. The molecule has 1 aromatic heterocycles. The topological polar surface area (TPSA) is 85.1 Å². The van der Waals surface area contributed by atoms with Crippen LogP contribution in [0.1, 0.15) is 12.8 Å². The van der Waals surface area contributed by atoms with E-state index < -0.39 is 0 Å². The molecule has 0 saturated carbocycles. The van der Waals surface area contributed by atoms with Gasteiger partial charge in [0.15, 0.2) is 11.6 Å². The second-order valence-electron chi connectivity index (χ2n) is 5.11. The van der Waals surface area contributed by atoms with Gasteiger partial charge in [0.25, 0.3) is 0 Å². The van der Waals surface area contributed by atoms with E-state index in [1.54, 1.807) is 0 Å². The first-order valence-electron chi connectivity index (χ1n) is 7.21. The Balaban J connectivity index is 1.72. The molecule has 0 bridgehead atoms. The number of halogens is 1. The van der Waals surface area contributed by atoms with Crippen LogP contribution in [0.15, 0.2) is 35.1 Å². The van der Waals surface area contributed by atoms with Gasteiger partial charge >= 0.3 is 0 Å². The van der Waals surface area contributed by atoms with Crippen LogP contribution in [0.2, 0.25) is 0 Å². The summed E-state index contributed by atoms with van der Waals surface area (Å²) in [5.74, 6) is 1.21. The summed E-state index contributed by atoms with van der Waals surface area (Å²) < 4.78 is 6.53. The van der Waals surface area contributed by atoms with Crippen molar-refractivity contribution in [2.24, 2.45) is 0 Å². The monoisotopic (exact) mass is 363 g/mol. The molecule has 4 N–H and O–H groups in total. The fraction of sp³-hybridized carbons (Fsp3) is 0.333. The SMILES string of the molecule is Nc1c(NCC2CCCO2)ncnc1Nc1ccccc1Br. The molecular formula is C15H18BrN5O. The minimum atomic E-state index is 0.231. The highest BCUT2D eigenvalue weighted by molar-refractivity contribution is 9.10. The third-order valence-electron chi connectivity index (χ3n) is 3.53. The number of para-hydroxylation sites is 1. The van der Waals surface area contributed by atoms with E-state index in [0.29, 0.717) is 23.9 Å². The van der Waals surface area contributed by atoms with Gasteiger partial charge in [0, 0.05) is 17.6 Å². The lowest BCUT2D eigenvalue weighted by atomic mass is 10.2. The van der Waals surface area contributed by atoms with E-state index >= 15 is 0 Å². The fourth-order valence-corrected chi connectivity index (χ4v) is 2.73. The van der Waals surface area contributed by atoms with Crippen molar-refractivity contribution in [1.29, 1.82) is 0 Å². The van der Waals surface area contributed by atoms with Crippen molar-refractivity contribution < 1.29 is 4.74 Å². The number of hydrogen-bond acceptors (Lipinski definition) is 6. The summed E-state index contributed by atoms with van der Waals surface area (Å²) in [6, 6.07) is 7.80. The minimum absolute atomic E-state index is 0.231. The van der Waals surface area contributed by atoms with Crippen LogP contribution in [-0.4, -0.2) is 29.2 Å². The molecule has 2 aromatic rings. The average molecular weight is 364 g/mol. The van der Waals surface area contributed by atoms with Crippen LogP contribution in [0.4, 0.5) is 23.0 Å². The number of rotatable bonds is 5. The number of benzene rings is 1. The van der Waals surface area contributed by atoms with Gasteiger partial charge in [-0.25, -0.2) is 9.97 Å². The Hall–Kier alpha value is -1.86. The van der Waals surface area contributed by atoms with Gasteiger partial charge in [-0.3, -0.25) is 0 Å². The fourth-order valence-electron chi connectivity index (χ4n) is 2.34. The largest absolute Gasteiger partial charge is 0.393 e. The predicted molar refractivity (Wildman–Crippen MR) is 91.3 cm³/mol. The van der Waals surface area contributed by atoms with Gasteiger partial charge in [0.05, 0.1) is 11.8 Å². The maximum Gasteiger partial charge on any atom is 0.159 e. The Labute approximate surface area is 137 Å². The predicted octanol–water partition coefficient (Wildman–Crippen LogP) is 3.16. The first-order chi connectivity index (χ1) is 10.7. The molecule has 1 saturated heterocycles. The minimum Gasteiger partial charge on any atom is -0.393 e. The molecule has 22 heavy (non-hydrogen) atoms. The first kappa shape index (κ1) is 15.1. The van der Waals surface area contributed by atoms with Gasteiger partial charge in [0.1, 0.15) is 12.0 Å². The number of hydrogen-bond donors (Lipinski definition) is 3. The quantitative estimate of drug-likeness (QED) is 0.756. The van der Waals surface area contributed by atoms with E-state index in [0.717, 1.165) is 29.6 Å². The smallest absolute Gasteiger partial charge is 0.159 e. The van der Waals surface area contributed by atoms with Gasteiger partial charge in [-0.05, 0) is 40.9 Å². The van der Waals surface area contributed by atoms with Gasteiger partial charge < -0.3 is 21.1 Å². The Bertz CT molecular complexity index is 646. The second-order valence-corrected chi connectivity index (χ2v) is 5.96. The van der Waals surface area contributed by atoms with Crippen molar-refractivity contribution in [2.75, 3.05) is 29.5 Å². The molecule has 7 heteroatoms. The molecule has 1 aromatic carbocycles. The molecule has 1 aliphatic rings. The normalized spacial score (nSPS) is 17.4. The number of ether oxygens (including phenoxy) is 1. The van der Waals surface area contributed by atoms with E-state index in [9.17, 15) is 0 Å². The van der Waals surface area contributed by atoms with Crippen LogP contribution in [0, 0.1) is 0 Å². The molecule has 3 rings (SSSR count). The Kier molecular flexibility index (Phi) is 4.74. The maximum atomic E-state index is 6.16. The van der Waals surface area contributed by atoms with Crippen LogP contribution in [0.3, 0.4) is 0 Å². The summed E-state index contributed by atoms with van der Waals surface area (Å²) in [4.78, 5) is 8.43. The van der Waals surface area contributed by atoms with E-state index in [-0.39, 0.29) is 6.10 Å². The average Bonchev–Trinajstić information content (AvgIpc) is 3.04. The Morgan fingerprint density at radius 2 is 2.09 bits per heavy atom. The molecule has 1 atom stereocenters. The highest BCUT2D eigenvalue weighted by atomic mass is 79.9. The summed E-state index contributed by atoms with van der Waals surface area (Å²) in [6.45, 7) is 1.54. The molecule has 2 heterocycles. The van der Waals surface area contributed by atoms with Crippen molar-refractivity contribution in [3.63, 3.8) is 0 Å². The van der Waals surface area contributed by atoms with Crippen LogP contribution in [-0.2, 0) is 4.74 Å². The zero-order valence-electron chi connectivity index (χ0n) is 12.1. The summed E-state index contributed by atoms with van der Waals surface area (Å²) in [7, 11) is 0. The van der Waals surface area contributed by atoms with Crippen LogP contribution < -0.4 is 16.4 Å². The molecule has 0 spiro atoms. The lowest BCUT2D eigenvalue weighted by molar-refractivity contribution is 0.120. The maximum absolute atomic E-state index is 6.16. The zero-order valence-corrected chi connectivity index (χ0v) is 13.6. The number of nitrogens with two attached hydrogens (primary N) is 1. The summed E-state index contributed by atoms with van der Waals surface area (Å²) in [5, 5.41) is 6.46. The van der Waals surface area contributed by atoms with E-state index in [2.05, 4.69) is 36.5 Å². The molecule has 1 fully saturated rings. The third-order valence-corrected chi connectivity index (χ3v) is 4.22. The summed E-state index contributed by atoms with van der Waals surface area (Å²) in [6.07, 6.45) is 3.91. The van der Waals surface area contributed by atoms with Crippen molar-refractivity contribution in [1.82, 2.24) is 9.97 Å². The third kappa shape index (κ3) is 3.48. The molecule has 0 aliphatic carbocycles. The van der Waals surface area contributed by atoms with Crippen LogP contribution in [0.25, 0.3) is 0 Å². The number of nitrogen functional groups attached to an aromatic ring is 1. The van der Waals surface area contributed by atoms with Gasteiger partial charge in [-0.1, -0.05) is 12.1 Å². The van der Waals surface area contributed by atoms with E-state index in [1.807, 2.05) is 24.3 Å².